The SMILES string of the molecule is CCCC(=O)OC[C@H]1O[C@@H](Oc2ccc(N)cc2C(=O)O)[C@H](OC(=O)CCC)[C@@H](OC(=O)CCC)O1. The van der Waals surface area contributed by atoms with E-state index in [1.807, 2.05) is 6.92 Å². The second-order valence-electron chi connectivity index (χ2n) is 7.99. The summed E-state index contributed by atoms with van der Waals surface area (Å²) in [6, 6.07) is 3.93. The Labute approximate surface area is 208 Å². The van der Waals surface area contributed by atoms with E-state index in [9.17, 15) is 24.3 Å². The molecule has 0 unspecified atom stereocenters. The van der Waals surface area contributed by atoms with Gasteiger partial charge in [0, 0.05) is 24.9 Å². The molecule has 4 atom stereocenters. The first-order valence-corrected chi connectivity index (χ1v) is 11.8. The molecule has 2 rings (SSSR count). The molecule has 0 aromatic heterocycles. The summed E-state index contributed by atoms with van der Waals surface area (Å²) in [7, 11) is 0. The number of nitrogens with two attached hydrogens (primary N) is 1. The van der Waals surface area contributed by atoms with Crippen LogP contribution < -0.4 is 10.5 Å². The molecular weight excluding hydrogens is 478 g/mol. The molecule has 1 heterocycles. The van der Waals surface area contributed by atoms with Gasteiger partial charge in [0.05, 0.1) is 0 Å². The van der Waals surface area contributed by atoms with Crippen LogP contribution in [-0.4, -0.2) is 60.6 Å². The number of ether oxygens (including phenoxy) is 6. The van der Waals surface area contributed by atoms with Crippen LogP contribution in [0.4, 0.5) is 5.69 Å². The van der Waals surface area contributed by atoms with Crippen molar-refractivity contribution in [3.63, 3.8) is 0 Å². The molecule has 1 fully saturated rings. The lowest BCUT2D eigenvalue weighted by Crippen LogP contribution is -2.56. The molecule has 3 N–H and O–H groups in total. The van der Waals surface area contributed by atoms with Gasteiger partial charge in [0.2, 0.25) is 18.7 Å². The number of hydrogen-bond donors (Lipinski definition) is 2. The lowest BCUT2D eigenvalue weighted by Gasteiger charge is -2.39. The number of anilines is 1. The van der Waals surface area contributed by atoms with Crippen LogP contribution in [0.25, 0.3) is 0 Å². The van der Waals surface area contributed by atoms with Crippen LogP contribution >= 0.6 is 0 Å². The van der Waals surface area contributed by atoms with Crippen LogP contribution in [0.2, 0.25) is 0 Å². The van der Waals surface area contributed by atoms with Gasteiger partial charge in [0.25, 0.3) is 0 Å². The number of carbonyl (C=O) groups excluding carboxylic acids is 3. The van der Waals surface area contributed by atoms with E-state index in [1.54, 1.807) is 13.8 Å². The van der Waals surface area contributed by atoms with Crippen molar-refractivity contribution in [3.05, 3.63) is 23.8 Å². The number of carboxylic acids is 1. The first kappa shape index (κ1) is 28.9. The minimum absolute atomic E-state index is 0.0547. The Kier molecular flexibility index (Phi) is 11.4. The van der Waals surface area contributed by atoms with Gasteiger partial charge in [-0.05, 0) is 37.5 Å². The smallest absolute Gasteiger partial charge is 0.339 e. The molecule has 200 valence electrons. The minimum atomic E-state index is -1.48. The number of esters is 3. The zero-order valence-corrected chi connectivity index (χ0v) is 20.6. The van der Waals surface area contributed by atoms with Gasteiger partial charge in [-0.15, -0.1) is 0 Å². The average Bonchev–Trinajstić information content (AvgIpc) is 2.81. The van der Waals surface area contributed by atoms with Crippen molar-refractivity contribution < 1.29 is 52.7 Å². The highest BCUT2D eigenvalue weighted by molar-refractivity contribution is 5.92. The molecule has 12 nitrogen and oxygen atoms in total. The number of nitrogen functional groups attached to an aromatic ring is 1. The Morgan fingerprint density at radius 1 is 0.889 bits per heavy atom. The van der Waals surface area contributed by atoms with Gasteiger partial charge in [-0.1, -0.05) is 20.8 Å². The van der Waals surface area contributed by atoms with Gasteiger partial charge in [-0.25, -0.2) is 4.79 Å². The van der Waals surface area contributed by atoms with E-state index in [0.717, 1.165) is 0 Å². The monoisotopic (exact) mass is 511 g/mol. The molecule has 0 aliphatic carbocycles. The molecule has 1 aromatic carbocycles. The zero-order chi connectivity index (χ0) is 26.7. The number of benzene rings is 1. The van der Waals surface area contributed by atoms with Gasteiger partial charge in [0.1, 0.15) is 17.9 Å². The van der Waals surface area contributed by atoms with Crippen molar-refractivity contribution in [3.8, 4) is 5.75 Å². The molecule has 0 saturated carbocycles. The number of carbonyl (C=O) groups is 4. The number of hydrogen-bond acceptors (Lipinski definition) is 11. The molecule has 12 heteroatoms. The van der Waals surface area contributed by atoms with Crippen LogP contribution in [0.1, 0.15) is 69.7 Å². The Morgan fingerprint density at radius 2 is 1.47 bits per heavy atom. The Hall–Kier alpha value is -3.38. The summed E-state index contributed by atoms with van der Waals surface area (Å²) in [5.74, 6) is -3.21. The van der Waals surface area contributed by atoms with Crippen molar-refractivity contribution in [2.24, 2.45) is 0 Å². The minimum Gasteiger partial charge on any atom is -0.478 e. The third-order valence-corrected chi connectivity index (χ3v) is 4.84. The molecule has 0 amide bonds. The number of aromatic carboxylic acids is 1. The molecular formula is C24H33NO11. The van der Waals surface area contributed by atoms with E-state index in [2.05, 4.69) is 0 Å². The van der Waals surface area contributed by atoms with E-state index in [0.29, 0.717) is 19.3 Å². The predicted molar refractivity (Wildman–Crippen MR) is 124 cm³/mol. The molecule has 1 aliphatic heterocycles. The maximum Gasteiger partial charge on any atom is 0.339 e. The summed E-state index contributed by atoms with van der Waals surface area (Å²) >= 11 is 0. The Bertz CT molecular complexity index is 919. The Morgan fingerprint density at radius 3 is 2.08 bits per heavy atom. The highest BCUT2D eigenvalue weighted by atomic mass is 16.8. The number of rotatable bonds is 13. The standard InChI is InChI=1S/C24H33NO11/c1-4-7-17(26)31-13-20-35-23(32-16-11-10-14(25)12-15(16)22(29)30)21(33-18(27)8-5-2)24(36-20)34-19(28)9-6-3/h10-12,20-21,23-24H,4-9,13,25H2,1-3H3,(H,29,30)/t20-,21-,23+,24-/m0/s1. The second-order valence-corrected chi connectivity index (χ2v) is 7.99. The molecule has 0 bridgehead atoms. The normalized spacial score (nSPS) is 21.3. The van der Waals surface area contributed by atoms with Crippen LogP contribution in [0.3, 0.4) is 0 Å². The Balaban J connectivity index is 2.38. The lowest BCUT2D eigenvalue weighted by molar-refractivity contribution is -0.372. The fourth-order valence-corrected chi connectivity index (χ4v) is 3.18. The lowest BCUT2D eigenvalue weighted by atomic mass is 10.1. The van der Waals surface area contributed by atoms with Gasteiger partial charge in [-0.2, -0.15) is 0 Å². The highest BCUT2D eigenvalue weighted by Crippen LogP contribution is 2.30. The fourth-order valence-electron chi connectivity index (χ4n) is 3.18. The topological polar surface area (TPSA) is 170 Å². The van der Waals surface area contributed by atoms with Crippen molar-refractivity contribution >= 4 is 29.6 Å². The van der Waals surface area contributed by atoms with Crippen molar-refractivity contribution in [1.82, 2.24) is 0 Å². The third-order valence-electron chi connectivity index (χ3n) is 4.84. The summed E-state index contributed by atoms with van der Waals surface area (Å²) in [6.45, 7) is 4.99. The van der Waals surface area contributed by atoms with E-state index in [-0.39, 0.29) is 42.9 Å². The van der Waals surface area contributed by atoms with Crippen LogP contribution in [0, 0.1) is 0 Å². The maximum absolute atomic E-state index is 12.3. The van der Waals surface area contributed by atoms with Crippen LogP contribution in [-0.2, 0) is 38.1 Å². The quantitative estimate of drug-likeness (QED) is 0.226. The third kappa shape index (κ3) is 8.68. The molecule has 0 spiro atoms. The molecule has 1 aromatic rings. The van der Waals surface area contributed by atoms with Gasteiger partial charge < -0.3 is 39.3 Å². The molecule has 0 radical (unpaired) electrons. The summed E-state index contributed by atoms with van der Waals surface area (Å²) in [5, 5.41) is 9.57. The highest BCUT2D eigenvalue weighted by Gasteiger charge is 2.47. The van der Waals surface area contributed by atoms with Crippen molar-refractivity contribution in [2.45, 2.75) is 84.3 Å². The fraction of sp³-hybridized carbons (Fsp3) is 0.583. The summed E-state index contributed by atoms with van der Waals surface area (Å²) in [4.78, 5) is 48.2. The van der Waals surface area contributed by atoms with Crippen LogP contribution in [0.5, 0.6) is 5.75 Å². The van der Waals surface area contributed by atoms with E-state index in [4.69, 9.17) is 34.2 Å². The van der Waals surface area contributed by atoms with Gasteiger partial charge in [0.15, 0.2) is 6.29 Å². The van der Waals surface area contributed by atoms with Crippen molar-refractivity contribution in [2.75, 3.05) is 12.3 Å². The average molecular weight is 512 g/mol. The first-order valence-electron chi connectivity index (χ1n) is 11.8. The van der Waals surface area contributed by atoms with Gasteiger partial charge >= 0.3 is 23.9 Å². The summed E-state index contributed by atoms with van der Waals surface area (Å²) in [6.07, 6.45) is -3.78. The first-order chi connectivity index (χ1) is 17.2. The molecule has 1 saturated heterocycles. The summed E-state index contributed by atoms with van der Waals surface area (Å²) in [5.41, 5.74) is 5.62. The van der Waals surface area contributed by atoms with E-state index in [1.165, 1.54) is 18.2 Å². The van der Waals surface area contributed by atoms with E-state index >= 15 is 0 Å². The van der Waals surface area contributed by atoms with Crippen LogP contribution in [0.15, 0.2) is 18.2 Å². The largest absolute Gasteiger partial charge is 0.478 e. The molecule has 36 heavy (non-hydrogen) atoms. The zero-order valence-electron chi connectivity index (χ0n) is 20.6. The second kappa shape index (κ2) is 14.2. The van der Waals surface area contributed by atoms with E-state index < -0.39 is 48.9 Å². The van der Waals surface area contributed by atoms with Crippen molar-refractivity contribution in [1.29, 1.82) is 0 Å². The van der Waals surface area contributed by atoms with Gasteiger partial charge in [-0.3, -0.25) is 14.4 Å². The predicted octanol–water partition coefficient (Wildman–Crippen LogP) is 2.77. The molecule has 1 aliphatic rings. The summed E-state index contributed by atoms with van der Waals surface area (Å²) < 4.78 is 33.2. The maximum atomic E-state index is 12.3. The number of carboxylic acid groups (broad SMARTS) is 1.